The Hall–Kier alpha value is -2.58. The zero-order valence-corrected chi connectivity index (χ0v) is 19.0. The Kier molecular flexibility index (Phi) is 7.23. The van der Waals surface area contributed by atoms with Crippen LogP contribution in [0.5, 0.6) is 0 Å². The van der Waals surface area contributed by atoms with Gasteiger partial charge in [0.15, 0.2) is 0 Å². The van der Waals surface area contributed by atoms with Gasteiger partial charge < -0.3 is 9.64 Å². The molecule has 1 aliphatic rings. The van der Waals surface area contributed by atoms with Crippen LogP contribution in [0.25, 0.3) is 0 Å². The maximum absolute atomic E-state index is 12.8. The summed E-state index contributed by atoms with van der Waals surface area (Å²) in [5, 5.41) is 0.447. The molecule has 166 valence electrons. The van der Waals surface area contributed by atoms with Crippen molar-refractivity contribution in [1.29, 1.82) is 0 Å². The molecule has 7 nitrogen and oxygen atoms in total. The number of rotatable bonds is 6. The molecule has 0 unspecified atom stereocenters. The van der Waals surface area contributed by atoms with Crippen molar-refractivity contribution in [3.63, 3.8) is 0 Å². The van der Waals surface area contributed by atoms with Gasteiger partial charge in [-0.1, -0.05) is 29.8 Å². The fourth-order valence-electron chi connectivity index (χ4n) is 3.62. The second kappa shape index (κ2) is 9.70. The zero-order valence-electron chi connectivity index (χ0n) is 17.5. The number of likely N-dealkylation sites (tertiary alicyclic amines) is 1. The summed E-state index contributed by atoms with van der Waals surface area (Å²) in [5.74, 6) is -0.499. The largest absolute Gasteiger partial charge is 0.469 e. The lowest BCUT2D eigenvalue weighted by Gasteiger charge is -2.30. The van der Waals surface area contributed by atoms with Gasteiger partial charge in [-0.15, -0.1) is 0 Å². The molecule has 0 aliphatic carbocycles. The van der Waals surface area contributed by atoms with Crippen molar-refractivity contribution >= 4 is 39.2 Å². The van der Waals surface area contributed by atoms with Crippen LogP contribution in [-0.4, -0.2) is 51.6 Å². The molecule has 1 amide bonds. The molecule has 1 heterocycles. The molecule has 9 heteroatoms. The summed E-state index contributed by atoms with van der Waals surface area (Å²) in [4.78, 5) is 26.2. The maximum Gasteiger partial charge on any atom is 0.308 e. The molecule has 0 aromatic heterocycles. The Morgan fingerprint density at radius 1 is 1.13 bits per heavy atom. The minimum absolute atomic E-state index is 0.107. The third-order valence-electron chi connectivity index (χ3n) is 5.34. The highest BCUT2D eigenvalue weighted by molar-refractivity contribution is 7.92. The minimum atomic E-state index is -3.53. The smallest absolute Gasteiger partial charge is 0.308 e. The van der Waals surface area contributed by atoms with Gasteiger partial charge in [-0.3, -0.25) is 13.9 Å². The summed E-state index contributed by atoms with van der Waals surface area (Å²) in [6.07, 6.45) is 2.31. The van der Waals surface area contributed by atoms with Crippen molar-refractivity contribution in [3.8, 4) is 0 Å². The lowest BCUT2D eigenvalue weighted by atomic mass is 9.96. The van der Waals surface area contributed by atoms with Crippen molar-refractivity contribution in [2.24, 2.45) is 5.92 Å². The van der Waals surface area contributed by atoms with Crippen LogP contribution in [0.15, 0.2) is 48.5 Å². The summed E-state index contributed by atoms with van der Waals surface area (Å²) in [7, 11) is -2.16. The highest BCUT2D eigenvalue weighted by Gasteiger charge is 2.28. The van der Waals surface area contributed by atoms with Gasteiger partial charge in [0.2, 0.25) is 10.0 Å². The predicted octanol–water partition coefficient (Wildman–Crippen LogP) is 3.33. The van der Waals surface area contributed by atoms with Crippen molar-refractivity contribution in [2.75, 3.05) is 30.8 Å². The van der Waals surface area contributed by atoms with Crippen molar-refractivity contribution < 1.29 is 22.7 Å². The van der Waals surface area contributed by atoms with Gasteiger partial charge >= 0.3 is 5.97 Å². The quantitative estimate of drug-likeness (QED) is 0.612. The number of hydrogen-bond acceptors (Lipinski definition) is 5. The van der Waals surface area contributed by atoms with E-state index in [4.69, 9.17) is 16.3 Å². The molecule has 1 aliphatic heterocycles. The van der Waals surface area contributed by atoms with E-state index in [1.807, 2.05) is 0 Å². The van der Waals surface area contributed by atoms with Crippen LogP contribution < -0.4 is 4.31 Å². The summed E-state index contributed by atoms with van der Waals surface area (Å²) >= 11 is 6.02. The third kappa shape index (κ3) is 5.77. The Balaban J connectivity index is 1.69. The van der Waals surface area contributed by atoms with Crippen molar-refractivity contribution in [3.05, 3.63) is 64.7 Å². The van der Waals surface area contributed by atoms with Crippen LogP contribution in [0.4, 0.5) is 5.69 Å². The molecule has 31 heavy (non-hydrogen) atoms. The van der Waals surface area contributed by atoms with Gasteiger partial charge in [0.25, 0.3) is 5.91 Å². The van der Waals surface area contributed by atoms with Crippen LogP contribution in [0.2, 0.25) is 5.02 Å². The van der Waals surface area contributed by atoms with Gasteiger partial charge in [-0.05, 0) is 48.7 Å². The van der Waals surface area contributed by atoms with Crippen LogP contribution >= 0.6 is 11.6 Å². The lowest BCUT2D eigenvalue weighted by Crippen LogP contribution is -2.40. The van der Waals surface area contributed by atoms with Gasteiger partial charge in [-0.25, -0.2) is 8.42 Å². The topological polar surface area (TPSA) is 84.0 Å². The number of esters is 1. The number of carbonyl (C=O) groups is 2. The van der Waals surface area contributed by atoms with Crippen LogP contribution in [0, 0.1) is 5.92 Å². The van der Waals surface area contributed by atoms with E-state index in [1.165, 1.54) is 11.4 Å². The zero-order chi connectivity index (χ0) is 22.6. The molecule has 1 fully saturated rings. The first-order valence-electron chi connectivity index (χ1n) is 9.88. The number of sulfonamides is 1. The molecule has 0 radical (unpaired) electrons. The monoisotopic (exact) mass is 464 g/mol. The molecule has 2 aromatic carbocycles. The highest BCUT2D eigenvalue weighted by Crippen LogP contribution is 2.25. The average molecular weight is 465 g/mol. The van der Waals surface area contributed by atoms with Crippen LogP contribution in [0.3, 0.4) is 0 Å². The SMILES string of the molecule is COC(=O)C1CCN(C(=O)c2ccc(CN(c3cccc(Cl)c3)S(C)(=O)=O)cc2)CC1. The van der Waals surface area contributed by atoms with E-state index in [1.54, 1.807) is 53.4 Å². The van der Waals surface area contributed by atoms with Gasteiger partial charge in [0.1, 0.15) is 0 Å². The number of halogens is 1. The second-order valence-electron chi connectivity index (χ2n) is 7.54. The fourth-order valence-corrected chi connectivity index (χ4v) is 4.68. The summed E-state index contributed by atoms with van der Waals surface area (Å²) in [6, 6.07) is 13.5. The maximum atomic E-state index is 12.8. The number of methoxy groups -OCH3 is 1. The second-order valence-corrected chi connectivity index (χ2v) is 9.88. The van der Waals surface area contributed by atoms with Gasteiger partial charge in [0.05, 0.1) is 31.5 Å². The highest BCUT2D eigenvalue weighted by atomic mass is 35.5. The fraction of sp³-hybridized carbons (Fsp3) is 0.364. The molecule has 1 saturated heterocycles. The lowest BCUT2D eigenvalue weighted by molar-refractivity contribution is -0.146. The Morgan fingerprint density at radius 2 is 1.77 bits per heavy atom. The first-order valence-corrected chi connectivity index (χ1v) is 12.1. The van der Waals surface area contributed by atoms with Crippen molar-refractivity contribution in [2.45, 2.75) is 19.4 Å². The number of nitrogens with zero attached hydrogens (tertiary/aromatic N) is 2. The molecule has 3 rings (SSSR count). The molecule has 0 spiro atoms. The Morgan fingerprint density at radius 3 is 2.32 bits per heavy atom. The van der Waals surface area contributed by atoms with E-state index in [0.29, 0.717) is 42.2 Å². The number of benzene rings is 2. The molecule has 0 atom stereocenters. The van der Waals surface area contributed by atoms with E-state index >= 15 is 0 Å². The number of amides is 1. The summed E-state index contributed by atoms with van der Waals surface area (Å²) in [6.45, 7) is 1.12. The summed E-state index contributed by atoms with van der Waals surface area (Å²) in [5.41, 5.74) is 1.74. The van der Waals surface area contributed by atoms with E-state index in [-0.39, 0.29) is 24.3 Å². The normalized spacial score (nSPS) is 14.9. The molecule has 2 aromatic rings. The van der Waals surface area contributed by atoms with Gasteiger partial charge in [-0.2, -0.15) is 0 Å². The minimum Gasteiger partial charge on any atom is -0.469 e. The van der Waals surface area contributed by atoms with E-state index in [9.17, 15) is 18.0 Å². The van der Waals surface area contributed by atoms with Gasteiger partial charge in [0, 0.05) is 23.7 Å². The predicted molar refractivity (Wildman–Crippen MR) is 120 cm³/mol. The standard InChI is InChI=1S/C22H25ClN2O5S/c1-30-22(27)18-10-12-24(13-11-18)21(26)17-8-6-16(7-9-17)15-25(31(2,28)29)20-5-3-4-19(23)14-20/h3-9,14,18H,10-13,15H2,1-2H3. The van der Waals surface area contributed by atoms with Crippen molar-refractivity contribution in [1.82, 2.24) is 4.90 Å². The molecular formula is C22H25ClN2O5S. The van der Waals surface area contributed by atoms with Crippen LogP contribution in [0.1, 0.15) is 28.8 Å². The Bertz CT molecular complexity index is 1050. The number of piperidine rings is 1. The number of hydrogen-bond donors (Lipinski definition) is 0. The number of anilines is 1. The average Bonchev–Trinajstić information content (AvgIpc) is 2.76. The van der Waals surface area contributed by atoms with Crippen LogP contribution in [-0.2, 0) is 26.1 Å². The first kappa shape index (κ1) is 23.1. The molecular weight excluding hydrogens is 440 g/mol. The summed E-state index contributed by atoms with van der Waals surface area (Å²) < 4.78 is 30.7. The van der Waals surface area contributed by atoms with E-state index in [0.717, 1.165) is 11.8 Å². The van der Waals surface area contributed by atoms with E-state index in [2.05, 4.69) is 0 Å². The number of carbonyl (C=O) groups excluding carboxylic acids is 2. The Labute approximate surface area is 187 Å². The first-order chi connectivity index (χ1) is 14.7. The van der Waals surface area contributed by atoms with E-state index < -0.39 is 10.0 Å². The molecule has 0 saturated carbocycles. The molecule has 0 N–H and O–H groups in total. The molecule has 0 bridgehead atoms. The third-order valence-corrected chi connectivity index (χ3v) is 6.72. The number of ether oxygens (including phenoxy) is 1.